The molecule has 1 aromatic rings. The van der Waals surface area contributed by atoms with Crippen LogP contribution in [0.3, 0.4) is 0 Å². The Morgan fingerprint density at radius 3 is 2.68 bits per heavy atom. The van der Waals surface area contributed by atoms with Gasteiger partial charge in [0.1, 0.15) is 0 Å². The van der Waals surface area contributed by atoms with Crippen molar-refractivity contribution < 1.29 is 13.2 Å². The number of rotatable bonds is 3. The van der Waals surface area contributed by atoms with Crippen LogP contribution in [0.15, 0.2) is 24.3 Å². The molecule has 0 bridgehead atoms. The first-order valence-electron chi connectivity index (χ1n) is 6.51. The predicted molar refractivity (Wildman–Crippen MR) is 74.9 cm³/mol. The first-order valence-corrected chi connectivity index (χ1v) is 8.33. The Hall–Kier alpha value is -1.36. The lowest BCUT2D eigenvalue weighted by atomic mass is 10.1. The van der Waals surface area contributed by atoms with Gasteiger partial charge in [0.15, 0.2) is 9.84 Å². The summed E-state index contributed by atoms with van der Waals surface area (Å²) in [6, 6.07) is 7.23. The van der Waals surface area contributed by atoms with Crippen LogP contribution in [-0.4, -0.2) is 43.3 Å². The molecule has 19 heavy (non-hydrogen) atoms. The van der Waals surface area contributed by atoms with Gasteiger partial charge in [-0.3, -0.25) is 4.79 Å². The van der Waals surface area contributed by atoms with Crippen molar-refractivity contribution in [1.82, 2.24) is 4.90 Å². The van der Waals surface area contributed by atoms with E-state index < -0.39 is 9.84 Å². The van der Waals surface area contributed by atoms with Crippen molar-refractivity contribution in [2.75, 3.05) is 18.1 Å². The Morgan fingerprint density at radius 2 is 2.16 bits per heavy atom. The van der Waals surface area contributed by atoms with Gasteiger partial charge in [0.25, 0.3) is 5.91 Å². The maximum absolute atomic E-state index is 12.5. The van der Waals surface area contributed by atoms with Crippen molar-refractivity contribution in [3.05, 3.63) is 35.4 Å². The van der Waals surface area contributed by atoms with Crippen molar-refractivity contribution in [3.8, 4) is 0 Å². The maximum atomic E-state index is 12.5. The second-order valence-electron chi connectivity index (χ2n) is 5.02. The summed E-state index contributed by atoms with van der Waals surface area (Å²) >= 11 is 0. The predicted octanol–water partition coefficient (Wildman–Crippen LogP) is 1.64. The Bertz CT molecular complexity index is 580. The van der Waals surface area contributed by atoms with Gasteiger partial charge in [-0.15, -0.1) is 0 Å². The minimum Gasteiger partial charge on any atom is -0.335 e. The van der Waals surface area contributed by atoms with E-state index in [0.29, 0.717) is 18.5 Å². The van der Waals surface area contributed by atoms with Crippen LogP contribution >= 0.6 is 0 Å². The number of aryl methyl sites for hydroxylation is 1. The third-order valence-electron chi connectivity index (χ3n) is 3.52. The number of hydrogen-bond donors (Lipinski definition) is 0. The summed E-state index contributed by atoms with van der Waals surface area (Å²) in [5.41, 5.74) is 1.66. The van der Waals surface area contributed by atoms with E-state index in [-0.39, 0.29) is 23.5 Å². The van der Waals surface area contributed by atoms with E-state index in [2.05, 4.69) is 0 Å². The van der Waals surface area contributed by atoms with Gasteiger partial charge >= 0.3 is 0 Å². The summed E-state index contributed by atoms with van der Waals surface area (Å²) < 4.78 is 23.1. The van der Waals surface area contributed by atoms with Crippen LogP contribution in [0.4, 0.5) is 0 Å². The molecule has 4 nitrogen and oxygen atoms in total. The molecule has 2 rings (SSSR count). The van der Waals surface area contributed by atoms with E-state index in [1.54, 1.807) is 11.0 Å². The summed E-state index contributed by atoms with van der Waals surface area (Å²) in [4.78, 5) is 14.1. The first kappa shape index (κ1) is 14.1. The zero-order chi connectivity index (χ0) is 14.0. The lowest BCUT2D eigenvalue weighted by Gasteiger charge is -2.27. The molecule has 104 valence electrons. The quantitative estimate of drug-likeness (QED) is 0.846. The van der Waals surface area contributed by atoms with E-state index in [4.69, 9.17) is 0 Å². The SMILES string of the molecule is CCN(C(=O)c1cccc(C)c1)[C@@H]1CCS(=O)(=O)C1. The molecule has 1 aliphatic rings. The van der Waals surface area contributed by atoms with E-state index in [0.717, 1.165) is 5.56 Å². The fraction of sp³-hybridized carbons (Fsp3) is 0.500. The fourth-order valence-corrected chi connectivity index (χ4v) is 4.26. The molecule has 0 unspecified atom stereocenters. The smallest absolute Gasteiger partial charge is 0.254 e. The van der Waals surface area contributed by atoms with Gasteiger partial charge < -0.3 is 4.90 Å². The zero-order valence-corrected chi connectivity index (χ0v) is 12.1. The molecule has 5 heteroatoms. The van der Waals surface area contributed by atoms with Crippen molar-refractivity contribution in [1.29, 1.82) is 0 Å². The zero-order valence-electron chi connectivity index (χ0n) is 11.3. The third kappa shape index (κ3) is 3.15. The molecule has 1 saturated heterocycles. The van der Waals surface area contributed by atoms with Crippen LogP contribution < -0.4 is 0 Å². The molecule has 1 aliphatic heterocycles. The molecule has 1 heterocycles. The van der Waals surface area contributed by atoms with E-state index >= 15 is 0 Å². The van der Waals surface area contributed by atoms with Gasteiger partial charge in [-0.1, -0.05) is 17.7 Å². The third-order valence-corrected chi connectivity index (χ3v) is 5.27. The Labute approximate surface area is 114 Å². The number of hydrogen-bond acceptors (Lipinski definition) is 3. The average molecular weight is 281 g/mol. The molecule has 1 amide bonds. The fourth-order valence-electron chi connectivity index (χ4n) is 2.53. The molecule has 0 N–H and O–H groups in total. The standard InChI is InChI=1S/C14H19NO3S/c1-3-15(13-7-8-19(17,18)10-13)14(16)12-6-4-5-11(2)9-12/h4-6,9,13H,3,7-8,10H2,1-2H3/t13-/m1/s1. The van der Waals surface area contributed by atoms with Crippen LogP contribution in [0, 0.1) is 6.92 Å². The Kier molecular flexibility index (Phi) is 3.94. The second kappa shape index (κ2) is 5.33. The van der Waals surface area contributed by atoms with Crippen LogP contribution in [0.2, 0.25) is 0 Å². The van der Waals surface area contributed by atoms with Gasteiger partial charge in [-0.25, -0.2) is 8.42 Å². The van der Waals surface area contributed by atoms with Crippen molar-refractivity contribution in [2.24, 2.45) is 0 Å². The molecule has 0 saturated carbocycles. The summed E-state index contributed by atoms with van der Waals surface area (Å²) in [5.74, 6) is 0.210. The first-order chi connectivity index (χ1) is 8.93. The summed E-state index contributed by atoms with van der Waals surface area (Å²) in [7, 11) is -2.97. The van der Waals surface area contributed by atoms with Crippen LogP contribution in [0.5, 0.6) is 0 Å². The lowest BCUT2D eigenvalue weighted by molar-refractivity contribution is 0.0708. The summed E-state index contributed by atoms with van der Waals surface area (Å²) in [6.45, 7) is 4.36. The van der Waals surface area contributed by atoms with Crippen LogP contribution in [0.25, 0.3) is 0 Å². The van der Waals surface area contributed by atoms with Crippen molar-refractivity contribution in [3.63, 3.8) is 0 Å². The number of carbonyl (C=O) groups excluding carboxylic acids is 1. The van der Waals surface area contributed by atoms with Gasteiger partial charge in [0.2, 0.25) is 0 Å². The monoisotopic (exact) mass is 281 g/mol. The van der Waals surface area contributed by atoms with Gasteiger partial charge in [0.05, 0.1) is 11.5 Å². The van der Waals surface area contributed by atoms with Crippen LogP contribution in [-0.2, 0) is 9.84 Å². The normalized spacial score (nSPS) is 21.3. The highest BCUT2D eigenvalue weighted by atomic mass is 32.2. The van der Waals surface area contributed by atoms with Crippen molar-refractivity contribution >= 4 is 15.7 Å². The minimum absolute atomic E-state index is 0.0756. The van der Waals surface area contributed by atoms with Gasteiger partial charge in [-0.2, -0.15) is 0 Å². The van der Waals surface area contributed by atoms with Crippen molar-refractivity contribution in [2.45, 2.75) is 26.3 Å². The molecule has 0 radical (unpaired) electrons. The summed E-state index contributed by atoms with van der Waals surface area (Å²) in [6.07, 6.45) is 0.549. The number of nitrogens with zero attached hydrogens (tertiary/aromatic N) is 1. The highest BCUT2D eigenvalue weighted by Crippen LogP contribution is 2.20. The lowest BCUT2D eigenvalue weighted by Crippen LogP contribution is -2.41. The average Bonchev–Trinajstić information content (AvgIpc) is 2.70. The van der Waals surface area contributed by atoms with Crippen LogP contribution in [0.1, 0.15) is 29.3 Å². The molecule has 0 spiro atoms. The van der Waals surface area contributed by atoms with Gasteiger partial charge in [0, 0.05) is 18.2 Å². The number of amides is 1. The molecular weight excluding hydrogens is 262 g/mol. The maximum Gasteiger partial charge on any atom is 0.254 e. The highest BCUT2D eigenvalue weighted by Gasteiger charge is 2.34. The highest BCUT2D eigenvalue weighted by molar-refractivity contribution is 7.91. The molecule has 1 fully saturated rings. The largest absolute Gasteiger partial charge is 0.335 e. The molecule has 0 aromatic heterocycles. The second-order valence-corrected chi connectivity index (χ2v) is 7.25. The number of benzene rings is 1. The minimum atomic E-state index is -2.97. The Morgan fingerprint density at radius 1 is 1.42 bits per heavy atom. The summed E-state index contributed by atoms with van der Waals surface area (Å²) in [5, 5.41) is 0. The molecule has 1 aromatic carbocycles. The van der Waals surface area contributed by atoms with E-state index in [1.165, 1.54) is 0 Å². The number of sulfone groups is 1. The van der Waals surface area contributed by atoms with E-state index in [9.17, 15) is 13.2 Å². The van der Waals surface area contributed by atoms with Gasteiger partial charge in [-0.05, 0) is 32.4 Å². The molecule has 0 aliphatic carbocycles. The molecular formula is C14H19NO3S. The van der Waals surface area contributed by atoms with E-state index in [1.807, 2.05) is 32.0 Å². The Balaban J connectivity index is 2.21. The molecule has 1 atom stereocenters. The topological polar surface area (TPSA) is 54.5 Å². The number of carbonyl (C=O) groups is 1.